The summed E-state index contributed by atoms with van der Waals surface area (Å²) in [6, 6.07) is 22.4. The molecule has 1 atom stereocenters. The van der Waals surface area contributed by atoms with Gasteiger partial charge in [-0.1, -0.05) is 62.4 Å². The number of amides is 1. The Bertz CT molecular complexity index is 1830. The van der Waals surface area contributed by atoms with Gasteiger partial charge in [-0.15, -0.1) is 0 Å². The fraction of sp³-hybridized carbons (Fsp3) is 0.242. The Morgan fingerprint density at radius 3 is 2.26 bits per heavy atom. The topological polar surface area (TPSA) is 145 Å². The van der Waals surface area contributed by atoms with Gasteiger partial charge in [0.2, 0.25) is 5.91 Å². The molecule has 0 radical (unpaired) electrons. The van der Waals surface area contributed by atoms with Gasteiger partial charge < -0.3 is 15.7 Å². The number of nitrogens with zero attached hydrogens (tertiary/aromatic N) is 4. The number of hydrogen-bond donors (Lipinski definition) is 2. The Labute approximate surface area is 248 Å². The summed E-state index contributed by atoms with van der Waals surface area (Å²) in [5.74, 6) is -1.12. The fourth-order valence-electron chi connectivity index (χ4n) is 6.60. The molecule has 3 N–H and O–H groups in total. The van der Waals surface area contributed by atoms with E-state index in [4.69, 9.17) is 10.8 Å². The second-order valence-electron chi connectivity index (χ2n) is 11.7. The molecule has 10 heteroatoms. The molecular weight excluding hydrogens is 546 g/mol. The van der Waals surface area contributed by atoms with Gasteiger partial charge in [0.05, 0.1) is 21.9 Å². The molecular formula is C33H31N5O5. The van der Waals surface area contributed by atoms with Crippen molar-refractivity contribution in [2.24, 2.45) is 5.41 Å². The highest BCUT2D eigenvalue weighted by atomic mass is 16.6. The second-order valence-corrected chi connectivity index (χ2v) is 11.7. The normalized spacial score (nSPS) is 19.6. The minimum atomic E-state index is -2.00. The Kier molecular flexibility index (Phi) is 6.45. The monoisotopic (exact) mass is 577 g/mol. The van der Waals surface area contributed by atoms with Gasteiger partial charge >= 0.3 is 0 Å². The van der Waals surface area contributed by atoms with Gasteiger partial charge in [-0.2, -0.15) is 5.10 Å². The van der Waals surface area contributed by atoms with Crippen molar-refractivity contribution in [2.45, 2.75) is 39.0 Å². The summed E-state index contributed by atoms with van der Waals surface area (Å²) in [6.07, 6.45) is 0.193. The average molecular weight is 578 g/mol. The molecule has 0 saturated carbocycles. The smallest absolute Gasteiger partial charge is 0.269 e. The predicted octanol–water partition coefficient (Wildman–Crippen LogP) is 5.88. The molecule has 1 unspecified atom stereocenters. The zero-order valence-electron chi connectivity index (χ0n) is 24.1. The van der Waals surface area contributed by atoms with Gasteiger partial charge in [-0.05, 0) is 30.5 Å². The largest absolute Gasteiger partial charge is 0.512 e. The highest BCUT2D eigenvalue weighted by Gasteiger charge is 2.61. The van der Waals surface area contributed by atoms with Gasteiger partial charge in [-0.3, -0.25) is 19.7 Å². The van der Waals surface area contributed by atoms with Crippen LogP contribution in [0.1, 0.15) is 44.7 Å². The van der Waals surface area contributed by atoms with Gasteiger partial charge in [0.25, 0.3) is 5.69 Å². The number of anilines is 2. The van der Waals surface area contributed by atoms with Crippen LogP contribution in [-0.4, -0.2) is 38.0 Å². The van der Waals surface area contributed by atoms with Crippen LogP contribution >= 0.6 is 0 Å². The molecule has 1 aliphatic heterocycles. The maximum atomic E-state index is 15.0. The van der Waals surface area contributed by atoms with Crippen LogP contribution in [-0.2, 0) is 15.0 Å². The number of likely N-dealkylation sites (N-methyl/N-ethyl adjacent to an activating group) is 1. The lowest BCUT2D eigenvalue weighted by Crippen LogP contribution is -2.47. The summed E-state index contributed by atoms with van der Waals surface area (Å²) in [7, 11) is 0. The number of non-ortho nitro benzene ring substituents is 1. The number of fused-ring (bicyclic) bond motifs is 1. The third-order valence-corrected chi connectivity index (χ3v) is 8.34. The SMILES string of the molecule is CCN1C(=O)C(C2=C(O)CC(C)(C)CC2=O)(c2c(-c3ccccc3)nn(-c3ccccc3)c2N)c2cc([N+](=O)[O-])ccc21. The zero-order chi connectivity index (χ0) is 30.7. The number of hydrogen-bond acceptors (Lipinski definition) is 7. The van der Waals surface area contributed by atoms with Crippen LogP contribution in [0, 0.1) is 15.5 Å². The summed E-state index contributed by atoms with van der Waals surface area (Å²) in [5.41, 5.74) is 6.40. The summed E-state index contributed by atoms with van der Waals surface area (Å²) < 4.78 is 1.51. The molecule has 2 heterocycles. The van der Waals surface area contributed by atoms with Crippen LogP contribution in [0.4, 0.5) is 17.2 Å². The zero-order valence-corrected chi connectivity index (χ0v) is 24.1. The van der Waals surface area contributed by atoms with Gasteiger partial charge in [0.15, 0.2) is 5.78 Å². The lowest BCUT2D eigenvalue weighted by Gasteiger charge is -2.37. The fourth-order valence-corrected chi connectivity index (χ4v) is 6.60. The number of benzene rings is 3. The quantitative estimate of drug-likeness (QED) is 0.215. The number of nitrogens with two attached hydrogens (primary N) is 1. The summed E-state index contributed by atoms with van der Waals surface area (Å²) in [4.78, 5) is 42.2. The van der Waals surface area contributed by atoms with Crippen molar-refractivity contribution in [1.82, 2.24) is 9.78 Å². The number of allylic oxidation sites excluding steroid dienone is 1. The van der Waals surface area contributed by atoms with Crippen molar-refractivity contribution in [1.29, 1.82) is 0 Å². The van der Waals surface area contributed by atoms with Crippen LogP contribution in [0.3, 0.4) is 0 Å². The first-order valence-corrected chi connectivity index (χ1v) is 14.1. The molecule has 1 amide bonds. The number of para-hydroxylation sites is 1. The number of carbonyl (C=O) groups excluding carboxylic acids is 2. The number of aliphatic hydroxyl groups is 1. The lowest BCUT2D eigenvalue weighted by molar-refractivity contribution is -0.384. The maximum Gasteiger partial charge on any atom is 0.269 e. The van der Waals surface area contributed by atoms with Crippen LogP contribution in [0.25, 0.3) is 16.9 Å². The minimum Gasteiger partial charge on any atom is -0.512 e. The third-order valence-electron chi connectivity index (χ3n) is 8.34. The van der Waals surface area contributed by atoms with Crippen molar-refractivity contribution in [3.05, 3.63) is 111 Å². The van der Waals surface area contributed by atoms with E-state index >= 15 is 0 Å². The van der Waals surface area contributed by atoms with E-state index in [-0.39, 0.29) is 53.4 Å². The van der Waals surface area contributed by atoms with E-state index in [1.54, 1.807) is 6.92 Å². The van der Waals surface area contributed by atoms with E-state index in [9.17, 15) is 24.8 Å². The van der Waals surface area contributed by atoms with Gasteiger partial charge in [-0.25, -0.2) is 4.68 Å². The first-order chi connectivity index (χ1) is 20.5. The van der Waals surface area contributed by atoms with E-state index in [0.717, 1.165) is 0 Å². The molecule has 0 fully saturated rings. The number of carbonyl (C=O) groups is 2. The molecule has 0 bridgehead atoms. The minimum absolute atomic E-state index is 0.0607. The number of Topliss-reactive ketones (excluding diaryl/α,β-unsaturated/α-hetero) is 1. The highest BCUT2D eigenvalue weighted by molar-refractivity contribution is 6.20. The van der Waals surface area contributed by atoms with Crippen molar-refractivity contribution < 1.29 is 19.6 Å². The molecule has 0 saturated heterocycles. The maximum absolute atomic E-state index is 15.0. The molecule has 2 aliphatic rings. The molecule has 10 nitrogen and oxygen atoms in total. The van der Waals surface area contributed by atoms with E-state index in [1.165, 1.54) is 27.8 Å². The number of aromatic nitrogens is 2. The molecule has 6 rings (SSSR count). The Balaban J connectivity index is 1.83. The van der Waals surface area contributed by atoms with Gasteiger partial charge in [0.1, 0.15) is 17.0 Å². The molecule has 1 aromatic heterocycles. The first-order valence-electron chi connectivity index (χ1n) is 14.1. The third kappa shape index (κ3) is 4.12. The van der Waals surface area contributed by atoms with Crippen molar-refractivity contribution in [3.63, 3.8) is 0 Å². The highest BCUT2D eigenvalue weighted by Crippen LogP contribution is 2.58. The molecule has 43 heavy (non-hydrogen) atoms. The standard InChI is InChI=1S/C33H31N5O5/c1-4-36-24-16-15-22(38(42)43)17-23(24)33(31(36)41,27-25(39)18-32(2,3)19-26(27)40)28-29(20-11-7-5-8-12-20)35-37(30(28)34)21-13-9-6-10-14-21/h5-17,39H,4,18-19,34H2,1-3H3. The molecule has 1 aliphatic carbocycles. The van der Waals surface area contributed by atoms with E-state index in [2.05, 4.69) is 0 Å². The molecule has 0 spiro atoms. The molecule has 218 valence electrons. The molecule has 3 aromatic carbocycles. The van der Waals surface area contributed by atoms with Crippen LogP contribution in [0.5, 0.6) is 0 Å². The predicted molar refractivity (Wildman–Crippen MR) is 163 cm³/mol. The average Bonchev–Trinajstić information content (AvgIpc) is 3.44. The van der Waals surface area contributed by atoms with Crippen LogP contribution in [0.2, 0.25) is 0 Å². The summed E-state index contributed by atoms with van der Waals surface area (Å²) in [6.45, 7) is 5.74. The summed E-state index contributed by atoms with van der Waals surface area (Å²) >= 11 is 0. The van der Waals surface area contributed by atoms with Gasteiger partial charge in [0, 0.05) is 53.9 Å². The second kappa shape index (κ2) is 9.94. The van der Waals surface area contributed by atoms with Crippen molar-refractivity contribution in [3.8, 4) is 16.9 Å². The van der Waals surface area contributed by atoms with Crippen molar-refractivity contribution >= 4 is 28.9 Å². The van der Waals surface area contributed by atoms with Crippen LogP contribution in [0.15, 0.2) is 90.2 Å². The number of nitro benzene ring substituents is 1. The lowest BCUT2D eigenvalue weighted by atomic mass is 9.62. The number of nitrogen functional groups attached to an aromatic ring is 1. The summed E-state index contributed by atoms with van der Waals surface area (Å²) in [5, 5.41) is 28.7. The first kappa shape index (κ1) is 27.9. The number of aliphatic hydroxyl groups excluding tert-OH is 1. The van der Waals surface area contributed by atoms with E-state index in [0.29, 0.717) is 22.6 Å². The van der Waals surface area contributed by atoms with E-state index in [1.807, 2.05) is 74.5 Å². The number of rotatable bonds is 6. The Morgan fingerprint density at radius 1 is 1.00 bits per heavy atom. The Hall–Kier alpha value is -5.25. The van der Waals surface area contributed by atoms with Crippen LogP contribution < -0.4 is 10.6 Å². The number of ketones is 1. The molecule has 4 aromatic rings. The van der Waals surface area contributed by atoms with E-state index < -0.39 is 27.4 Å². The Morgan fingerprint density at radius 2 is 1.65 bits per heavy atom. The number of nitro groups is 1. The van der Waals surface area contributed by atoms with Crippen molar-refractivity contribution in [2.75, 3.05) is 17.2 Å².